The standard InChI is InChI=1S/C23H30N4O2S/c1-6-29-20-10-8-18(9-11-20)24-22(28)13-19-14-30-23(25-19)27-17(5)21(16(4)26-27)12-7-15(2)3/h8-11,14-15H,6-7,12-13H2,1-5H3,(H,24,28). The zero-order chi connectivity index (χ0) is 21.7. The predicted octanol–water partition coefficient (Wildman–Crippen LogP) is 5.11. The Hall–Kier alpha value is -2.67. The van der Waals surface area contributed by atoms with Crippen molar-refractivity contribution in [2.75, 3.05) is 11.9 Å². The van der Waals surface area contributed by atoms with Gasteiger partial charge in [0.25, 0.3) is 0 Å². The minimum Gasteiger partial charge on any atom is -0.494 e. The number of hydrogen-bond acceptors (Lipinski definition) is 5. The molecule has 30 heavy (non-hydrogen) atoms. The van der Waals surface area contributed by atoms with Crippen LogP contribution in [0.4, 0.5) is 5.69 Å². The van der Waals surface area contributed by atoms with Gasteiger partial charge in [0, 0.05) is 16.8 Å². The Labute approximate surface area is 182 Å². The number of nitrogens with one attached hydrogen (secondary N) is 1. The first-order valence-corrected chi connectivity index (χ1v) is 11.3. The summed E-state index contributed by atoms with van der Waals surface area (Å²) in [7, 11) is 0. The van der Waals surface area contributed by atoms with E-state index in [-0.39, 0.29) is 12.3 Å². The highest BCUT2D eigenvalue weighted by atomic mass is 32.1. The van der Waals surface area contributed by atoms with Crippen LogP contribution in [0.25, 0.3) is 5.13 Å². The molecule has 1 N–H and O–H groups in total. The third-order valence-electron chi connectivity index (χ3n) is 4.92. The summed E-state index contributed by atoms with van der Waals surface area (Å²) in [6.45, 7) is 11.2. The van der Waals surface area contributed by atoms with Gasteiger partial charge in [-0.1, -0.05) is 13.8 Å². The fourth-order valence-electron chi connectivity index (χ4n) is 3.30. The van der Waals surface area contributed by atoms with Crippen molar-refractivity contribution in [2.24, 2.45) is 5.92 Å². The molecule has 2 heterocycles. The number of anilines is 1. The second-order valence-electron chi connectivity index (χ2n) is 7.80. The smallest absolute Gasteiger partial charge is 0.230 e. The van der Waals surface area contributed by atoms with Crippen LogP contribution in [0.15, 0.2) is 29.6 Å². The van der Waals surface area contributed by atoms with E-state index >= 15 is 0 Å². The molecule has 0 aliphatic carbocycles. The van der Waals surface area contributed by atoms with Crippen molar-refractivity contribution in [3.63, 3.8) is 0 Å². The maximum absolute atomic E-state index is 12.4. The van der Waals surface area contributed by atoms with E-state index in [0.29, 0.717) is 12.5 Å². The lowest BCUT2D eigenvalue weighted by Gasteiger charge is -2.06. The van der Waals surface area contributed by atoms with Gasteiger partial charge in [-0.15, -0.1) is 11.3 Å². The molecule has 3 rings (SSSR count). The SMILES string of the molecule is CCOc1ccc(NC(=O)Cc2csc(-n3nc(C)c(CCC(C)C)c3C)n2)cc1. The molecule has 0 radical (unpaired) electrons. The molecule has 3 aromatic rings. The Morgan fingerprint density at radius 3 is 2.63 bits per heavy atom. The van der Waals surface area contributed by atoms with E-state index in [1.165, 1.54) is 16.9 Å². The van der Waals surface area contributed by atoms with Gasteiger partial charge in [0.15, 0.2) is 0 Å². The summed E-state index contributed by atoms with van der Waals surface area (Å²) in [5.41, 5.74) is 4.97. The van der Waals surface area contributed by atoms with Crippen LogP contribution in [-0.2, 0) is 17.6 Å². The number of carbonyl (C=O) groups is 1. The molecular formula is C23H30N4O2S. The fraction of sp³-hybridized carbons (Fsp3) is 0.435. The molecule has 0 bridgehead atoms. The average molecular weight is 427 g/mol. The van der Waals surface area contributed by atoms with E-state index < -0.39 is 0 Å². The molecule has 0 spiro atoms. The number of hydrogen-bond donors (Lipinski definition) is 1. The molecule has 7 heteroatoms. The Morgan fingerprint density at radius 2 is 1.97 bits per heavy atom. The van der Waals surface area contributed by atoms with Crippen molar-refractivity contribution < 1.29 is 9.53 Å². The second-order valence-corrected chi connectivity index (χ2v) is 8.63. The number of aromatic nitrogens is 3. The van der Waals surface area contributed by atoms with Crippen molar-refractivity contribution in [1.82, 2.24) is 14.8 Å². The largest absolute Gasteiger partial charge is 0.494 e. The van der Waals surface area contributed by atoms with Gasteiger partial charge in [-0.05, 0) is 69.4 Å². The van der Waals surface area contributed by atoms with Gasteiger partial charge in [0.05, 0.1) is 24.4 Å². The molecule has 1 aromatic carbocycles. The van der Waals surface area contributed by atoms with Crippen molar-refractivity contribution in [3.8, 4) is 10.9 Å². The van der Waals surface area contributed by atoms with Gasteiger partial charge < -0.3 is 10.1 Å². The summed E-state index contributed by atoms with van der Waals surface area (Å²) in [4.78, 5) is 17.1. The Bertz CT molecular complexity index is 989. The zero-order valence-electron chi connectivity index (χ0n) is 18.4. The second kappa shape index (κ2) is 9.89. The highest BCUT2D eigenvalue weighted by Crippen LogP contribution is 2.23. The van der Waals surface area contributed by atoms with Crippen LogP contribution in [-0.4, -0.2) is 27.3 Å². The van der Waals surface area contributed by atoms with E-state index in [9.17, 15) is 4.79 Å². The van der Waals surface area contributed by atoms with E-state index in [4.69, 9.17) is 9.84 Å². The molecule has 0 atom stereocenters. The van der Waals surface area contributed by atoms with E-state index in [1.54, 1.807) is 0 Å². The summed E-state index contributed by atoms with van der Waals surface area (Å²) in [6, 6.07) is 7.37. The summed E-state index contributed by atoms with van der Waals surface area (Å²) >= 11 is 1.51. The number of thiazole rings is 1. The topological polar surface area (TPSA) is 69.0 Å². The molecule has 0 unspecified atom stereocenters. The van der Waals surface area contributed by atoms with Crippen LogP contribution >= 0.6 is 11.3 Å². The number of amides is 1. The minimum absolute atomic E-state index is 0.0954. The number of ether oxygens (including phenoxy) is 1. The maximum Gasteiger partial charge on any atom is 0.230 e. The van der Waals surface area contributed by atoms with Crippen LogP contribution in [0.2, 0.25) is 0 Å². The molecule has 0 aliphatic heterocycles. The first kappa shape index (κ1) is 22.0. The quantitative estimate of drug-likeness (QED) is 0.516. The molecule has 2 aromatic heterocycles. The number of benzene rings is 1. The lowest BCUT2D eigenvalue weighted by Crippen LogP contribution is -2.14. The molecule has 0 fully saturated rings. The van der Waals surface area contributed by atoms with E-state index in [1.807, 2.05) is 41.3 Å². The summed E-state index contributed by atoms with van der Waals surface area (Å²) in [6.07, 6.45) is 2.39. The average Bonchev–Trinajstić information content (AvgIpc) is 3.26. The van der Waals surface area contributed by atoms with Gasteiger partial charge in [-0.25, -0.2) is 9.67 Å². The fourth-order valence-corrected chi connectivity index (χ4v) is 4.13. The summed E-state index contributed by atoms with van der Waals surface area (Å²) < 4.78 is 7.33. The number of nitrogens with zero attached hydrogens (tertiary/aromatic N) is 3. The third kappa shape index (κ3) is 5.48. The molecule has 0 saturated heterocycles. The lowest BCUT2D eigenvalue weighted by molar-refractivity contribution is -0.115. The lowest BCUT2D eigenvalue weighted by atomic mass is 10.0. The van der Waals surface area contributed by atoms with Gasteiger partial charge in [-0.2, -0.15) is 5.10 Å². The van der Waals surface area contributed by atoms with E-state index in [0.717, 1.165) is 46.5 Å². The van der Waals surface area contributed by atoms with Crippen LogP contribution in [0.5, 0.6) is 5.75 Å². The first-order chi connectivity index (χ1) is 14.4. The molecule has 6 nitrogen and oxygen atoms in total. The highest BCUT2D eigenvalue weighted by Gasteiger charge is 2.16. The number of carbonyl (C=O) groups excluding carboxylic acids is 1. The molecular weight excluding hydrogens is 396 g/mol. The Balaban J connectivity index is 1.65. The molecule has 0 aliphatic rings. The Kier molecular flexibility index (Phi) is 7.26. The summed E-state index contributed by atoms with van der Waals surface area (Å²) in [5, 5.41) is 10.3. The maximum atomic E-state index is 12.4. The minimum atomic E-state index is -0.0954. The number of aryl methyl sites for hydroxylation is 1. The van der Waals surface area contributed by atoms with Crippen molar-refractivity contribution in [3.05, 3.63) is 52.3 Å². The van der Waals surface area contributed by atoms with Gasteiger partial charge in [-0.3, -0.25) is 4.79 Å². The summed E-state index contributed by atoms with van der Waals surface area (Å²) in [5.74, 6) is 1.35. The van der Waals surface area contributed by atoms with Gasteiger partial charge in [0.1, 0.15) is 5.75 Å². The normalized spacial score (nSPS) is 11.1. The monoisotopic (exact) mass is 426 g/mol. The first-order valence-electron chi connectivity index (χ1n) is 10.4. The van der Waals surface area contributed by atoms with Crippen LogP contribution < -0.4 is 10.1 Å². The predicted molar refractivity (Wildman–Crippen MR) is 122 cm³/mol. The Morgan fingerprint density at radius 1 is 1.23 bits per heavy atom. The van der Waals surface area contributed by atoms with Gasteiger partial charge in [0.2, 0.25) is 11.0 Å². The number of rotatable bonds is 9. The highest BCUT2D eigenvalue weighted by molar-refractivity contribution is 7.12. The van der Waals surface area contributed by atoms with Crippen LogP contribution in [0.1, 0.15) is 49.8 Å². The van der Waals surface area contributed by atoms with E-state index in [2.05, 4.69) is 38.0 Å². The van der Waals surface area contributed by atoms with Crippen LogP contribution in [0.3, 0.4) is 0 Å². The zero-order valence-corrected chi connectivity index (χ0v) is 19.2. The third-order valence-corrected chi connectivity index (χ3v) is 5.79. The van der Waals surface area contributed by atoms with Crippen molar-refractivity contribution >= 4 is 22.9 Å². The van der Waals surface area contributed by atoms with Crippen molar-refractivity contribution in [2.45, 2.75) is 53.9 Å². The molecule has 1 amide bonds. The molecule has 160 valence electrons. The van der Waals surface area contributed by atoms with Crippen LogP contribution in [0, 0.1) is 19.8 Å². The molecule has 0 saturated carbocycles. The van der Waals surface area contributed by atoms with Gasteiger partial charge >= 0.3 is 0 Å². The van der Waals surface area contributed by atoms with Crippen molar-refractivity contribution in [1.29, 1.82) is 0 Å².